The quantitative estimate of drug-likeness (QED) is 0.660. The molecule has 7 heteroatoms. The first-order valence-electron chi connectivity index (χ1n) is 9.09. The molecule has 0 radical (unpaired) electrons. The summed E-state index contributed by atoms with van der Waals surface area (Å²) in [4.78, 5) is 3.58. The Morgan fingerprint density at radius 2 is 1.85 bits per heavy atom. The number of aliphatic hydroxyl groups excluding tert-OH is 1. The first kappa shape index (κ1) is 20.4. The van der Waals surface area contributed by atoms with Crippen molar-refractivity contribution in [3.63, 3.8) is 0 Å². The smallest absolute Gasteiger partial charge is 0.240 e. The molecule has 2 aromatic carbocycles. The zero-order chi connectivity index (χ0) is 19.3. The standard InChI is InChI=1S/C20H26N2O3S2/c1-26-19-8-10-20(11-9-19)27(24,25)21-13-16-5-2-3-6-17(16)14-22-12-4-7-18(22)15-23/h2-3,5-6,8-11,18,21,23H,4,7,12-15H2,1H3/t18-/m0/s1. The summed E-state index contributed by atoms with van der Waals surface area (Å²) in [6.07, 6.45) is 4.06. The van der Waals surface area contributed by atoms with Crippen molar-refractivity contribution in [3.8, 4) is 0 Å². The minimum atomic E-state index is -3.56. The lowest BCUT2D eigenvalue weighted by atomic mass is 10.1. The number of nitrogens with one attached hydrogen (secondary N) is 1. The van der Waals surface area contributed by atoms with E-state index in [0.29, 0.717) is 0 Å². The highest BCUT2D eigenvalue weighted by Crippen LogP contribution is 2.22. The fourth-order valence-electron chi connectivity index (χ4n) is 3.42. The van der Waals surface area contributed by atoms with E-state index in [1.54, 1.807) is 23.9 Å². The van der Waals surface area contributed by atoms with Gasteiger partial charge in [0.25, 0.3) is 0 Å². The van der Waals surface area contributed by atoms with Gasteiger partial charge in [-0.2, -0.15) is 0 Å². The van der Waals surface area contributed by atoms with Crippen LogP contribution in [-0.2, 0) is 23.1 Å². The molecule has 0 saturated carbocycles. The second-order valence-corrected chi connectivity index (χ2v) is 9.36. The van der Waals surface area contributed by atoms with Crippen molar-refractivity contribution >= 4 is 21.8 Å². The predicted octanol–water partition coefficient (Wildman–Crippen LogP) is 2.84. The second kappa shape index (κ2) is 9.21. The van der Waals surface area contributed by atoms with Gasteiger partial charge in [-0.3, -0.25) is 4.90 Å². The Balaban J connectivity index is 1.70. The number of sulfonamides is 1. The normalized spacial score (nSPS) is 18.1. The van der Waals surface area contributed by atoms with Gasteiger partial charge in [-0.05, 0) is 61.0 Å². The van der Waals surface area contributed by atoms with Crippen molar-refractivity contribution in [1.29, 1.82) is 0 Å². The molecular formula is C20H26N2O3S2. The van der Waals surface area contributed by atoms with Crippen LogP contribution in [0.3, 0.4) is 0 Å². The Morgan fingerprint density at radius 1 is 1.15 bits per heavy atom. The summed E-state index contributed by atoms with van der Waals surface area (Å²) in [6, 6.07) is 15.0. The number of hydrogen-bond acceptors (Lipinski definition) is 5. The molecule has 3 rings (SSSR count). The lowest BCUT2D eigenvalue weighted by Crippen LogP contribution is -2.32. The van der Waals surface area contributed by atoms with Gasteiger partial charge in [0.1, 0.15) is 0 Å². The van der Waals surface area contributed by atoms with Crippen molar-refractivity contribution in [2.75, 3.05) is 19.4 Å². The van der Waals surface area contributed by atoms with E-state index in [1.165, 1.54) is 0 Å². The molecule has 1 heterocycles. The molecule has 27 heavy (non-hydrogen) atoms. The highest BCUT2D eigenvalue weighted by atomic mass is 32.2. The van der Waals surface area contributed by atoms with Gasteiger partial charge in [-0.25, -0.2) is 13.1 Å². The minimum Gasteiger partial charge on any atom is -0.395 e. The first-order chi connectivity index (χ1) is 13.0. The Bertz CT molecular complexity index is 854. The summed E-state index contributed by atoms with van der Waals surface area (Å²) < 4.78 is 27.9. The molecule has 0 amide bonds. The number of likely N-dealkylation sites (tertiary alicyclic amines) is 1. The first-order valence-corrected chi connectivity index (χ1v) is 11.8. The molecule has 1 atom stereocenters. The van der Waals surface area contributed by atoms with Crippen LogP contribution >= 0.6 is 11.8 Å². The largest absolute Gasteiger partial charge is 0.395 e. The van der Waals surface area contributed by atoms with E-state index in [9.17, 15) is 13.5 Å². The predicted molar refractivity (Wildman–Crippen MR) is 109 cm³/mol. The minimum absolute atomic E-state index is 0.167. The molecule has 1 fully saturated rings. The Kier molecular flexibility index (Phi) is 6.94. The van der Waals surface area contributed by atoms with Crippen LogP contribution in [0.25, 0.3) is 0 Å². The van der Waals surface area contributed by atoms with Gasteiger partial charge in [0.05, 0.1) is 11.5 Å². The third kappa shape index (κ3) is 5.12. The van der Waals surface area contributed by atoms with E-state index in [0.717, 1.165) is 42.0 Å². The Labute approximate surface area is 165 Å². The van der Waals surface area contributed by atoms with Crippen molar-refractivity contribution < 1.29 is 13.5 Å². The lowest BCUT2D eigenvalue weighted by molar-refractivity contribution is 0.153. The third-order valence-electron chi connectivity index (χ3n) is 5.02. The molecule has 1 aliphatic rings. The van der Waals surface area contributed by atoms with Crippen LogP contribution in [-0.4, -0.2) is 43.9 Å². The maximum absolute atomic E-state index is 12.6. The van der Waals surface area contributed by atoms with Crippen molar-refractivity contribution in [2.45, 2.75) is 41.8 Å². The summed E-state index contributed by atoms with van der Waals surface area (Å²) >= 11 is 1.58. The fourth-order valence-corrected chi connectivity index (χ4v) is 4.84. The van der Waals surface area contributed by atoms with Gasteiger partial charge in [0.15, 0.2) is 0 Å². The zero-order valence-corrected chi connectivity index (χ0v) is 17.1. The molecule has 0 aromatic heterocycles. The van der Waals surface area contributed by atoms with Crippen molar-refractivity contribution in [3.05, 3.63) is 59.7 Å². The van der Waals surface area contributed by atoms with Gasteiger partial charge in [0.2, 0.25) is 10.0 Å². The average molecular weight is 407 g/mol. The monoisotopic (exact) mass is 406 g/mol. The van der Waals surface area contributed by atoms with E-state index in [4.69, 9.17) is 0 Å². The molecule has 2 N–H and O–H groups in total. The molecular weight excluding hydrogens is 380 g/mol. The zero-order valence-electron chi connectivity index (χ0n) is 15.5. The number of rotatable bonds is 8. The Hall–Kier alpha value is -1.38. The van der Waals surface area contributed by atoms with Gasteiger partial charge in [-0.15, -0.1) is 11.8 Å². The van der Waals surface area contributed by atoms with Crippen LogP contribution in [0, 0.1) is 0 Å². The van der Waals surface area contributed by atoms with E-state index >= 15 is 0 Å². The van der Waals surface area contributed by atoms with Crippen LogP contribution < -0.4 is 4.72 Å². The van der Waals surface area contributed by atoms with Crippen LogP contribution in [0.2, 0.25) is 0 Å². The van der Waals surface area contributed by atoms with Crippen LogP contribution in [0.15, 0.2) is 58.3 Å². The highest BCUT2D eigenvalue weighted by Gasteiger charge is 2.24. The summed E-state index contributed by atoms with van der Waals surface area (Å²) in [5, 5.41) is 9.52. The summed E-state index contributed by atoms with van der Waals surface area (Å²) in [5.74, 6) is 0. The maximum atomic E-state index is 12.6. The molecule has 0 aliphatic carbocycles. The number of benzene rings is 2. The van der Waals surface area contributed by atoms with E-state index in [-0.39, 0.29) is 24.1 Å². The molecule has 2 aromatic rings. The summed E-state index contributed by atoms with van der Waals surface area (Å²) in [6.45, 7) is 2.11. The highest BCUT2D eigenvalue weighted by molar-refractivity contribution is 7.98. The second-order valence-electron chi connectivity index (χ2n) is 6.72. The molecule has 5 nitrogen and oxygen atoms in total. The van der Waals surface area contributed by atoms with Gasteiger partial charge in [-0.1, -0.05) is 24.3 Å². The van der Waals surface area contributed by atoms with Crippen molar-refractivity contribution in [1.82, 2.24) is 9.62 Å². The Morgan fingerprint density at radius 3 is 2.52 bits per heavy atom. The number of hydrogen-bond donors (Lipinski definition) is 2. The van der Waals surface area contributed by atoms with Crippen LogP contribution in [0.1, 0.15) is 24.0 Å². The van der Waals surface area contributed by atoms with E-state index in [1.807, 2.05) is 42.7 Å². The van der Waals surface area contributed by atoms with Crippen LogP contribution in [0.4, 0.5) is 0 Å². The molecule has 0 spiro atoms. The van der Waals surface area contributed by atoms with Gasteiger partial charge < -0.3 is 5.11 Å². The fraction of sp³-hybridized carbons (Fsp3) is 0.400. The lowest BCUT2D eigenvalue weighted by Gasteiger charge is -2.24. The molecule has 146 valence electrons. The van der Waals surface area contributed by atoms with Gasteiger partial charge in [0, 0.05) is 24.0 Å². The topological polar surface area (TPSA) is 69.6 Å². The third-order valence-corrected chi connectivity index (χ3v) is 7.18. The van der Waals surface area contributed by atoms with E-state index in [2.05, 4.69) is 9.62 Å². The molecule has 0 unspecified atom stereocenters. The molecule has 0 bridgehead atoms. The average Bonchev–Trinajstić information content (AvgIpc) is 3.14. The van der Waals surface area contributed by atoms with E-state index < -0.39 is 10.0 Å². The number of thioether (sulfide) groups is 1. The SMILES string of the molecule is CSc1ccc(S(=O)(=O)NCc2ccccc2CN2CCC[C@H]2CO)cc1. The summed E-state index contributed by atoms with van der Waals surface area (Å²) in [5.41, 5.74) is 2.06. The molecule has 1 aliphatic heterocycles. The van der Waals surface area contributed by atoms with Crippen molar-refractivity contribution in [2.24, 2.45) is 0 Å². The summed E-state index contributed by atoms with van der Waals surface area (Å²) in [7, 11) is -3.56. The maximum Gasteiger partial charge on any atom is 0.240 e. The van der Waals surface area contributed by atoms with Crippen LogP contribution in [0.5, 0.6) is 0 Å². The molecule has 1 saturated heterocycles. The number of nitrogens with zero attached hydrogens (tertiary/aromatic N) is 1. The van der Waals surface area contributed by atoms with Gasteiger partial charge >= 0.3 is 0 Å². The number of aliphatic hydroxyl groups is 1.